The van der Waals surface area contributed by atoms with E-state index >= 15 is 0 Å². The van der Waals surface area contributed by atoms with Gasteiger partial charge in [-0.05, 0) is 24.3 Å². The molecule has 3 aromatic heterocycles. The largest absolute Gasteiger partial charge is 0.465 e. The molecule has 0 amide bonds. The van der Waals surface area contributed by atoms with E-state index in [9.17, 15) is 9.59 Å². The van der Waals surface area contributed by atoms with Crippen LogP contribution < -0.4 is 0 Å². The maximum atomic E-state index is 12.9. The summed E-state index contributed by atoms with van der Waals surface area (Å²) in [6.07, 6.45) is 3.65. The molecule has 0 radical (unpaired) electrons. The van der Waals surface area contributed by atoms with Crippen LogP contribution in [0.3, 0.4) is 0 Å². The lowest BCUT2D eigenvalue weighted by atomic mass is 10.1. The van der Waals surface area contributed by atoms with Crippen molar-refractivity contribution in [2.45, 2.75) is 0 Å². The van der Waals surface area contributed by atoms with Crippen LogP contribution in [0.2, 0.25) is 0 Å². The molecule has 0 aliphatic rings. The van der Waals surface area contributed by atoms with E-state index in [-0.39, 0.29) is 5.78 Å². The van der Waals surface area contributed by atoms with Crippen molar-refractivity contribution in [3.8, 4) is 0 Å². The average Bonchev–Trinajstić information content (AvgIpc) is 3.25. The lowest BCUT2D eigenvalue weighted by molar-refractivity contribution is 0.0602. The van der Waals surface area contributed by atoms with Crippen LogP contribution in [-0.4, -0.2) is 27.7 Å². The normalized spacial score (nSPS) is 11.0. The number of benzene rings is 1. The van der Waals surface area contributed by atoms with E-state index in [1.807, 2.05) is 47.0 Å². The second-order valence-corrected chi connectivity index (χ2v) is 5.44. The van der Waals surface area contributed by atoms with Crippen LogP contribution in [0.15, 0.2) is 67.0 Å². The molecule has 0 bridgehead atoms. The Bertz CT molecular complexity index is 1070. The van der Waals surface area contributed by atoms with Gasteiger partial charge < -0.3 is 9.14 Å². The number of methoxy groups -OCH3 is 1. The molecular formula is C19H14N2O3. The van der Waals surface area contributed by atoms with Crippen molar-refractivity contribution in [2.75, 3.05) is 7.11 Å². The Labute approximate surface area is 137 Å². The number of carbonyl (C=O) groups excluding carboxylic acids is 2. The van der Waals surface area contributed by atoms with Gasteiger partial charge in [0.25, 0.3) is 0 Å². The lowest BCUT2D eigenvalue weighted by Gasteiger charge is -2.05. The van der Waals surface area contributed by atoms with E-state index in [0.717, 1.165) is 5.52 Å². The van der Waals surface area contributed by atoms with Gasteiger partial charge in [-0.3, -0.25) is 9.20 Å². The zero-order valence-corrected chi connectivity index (χ0v) is 13.0. The monoisotopic (exact) mass is 318 g/mol. The first kappa shape index (κ1) is 14.3. The van der Waals surface area contributed by atoms with Gasteiger partial charge >= 0.3 is 5.97 Å². The molecule has 0 unspecified atom stereocenters. The van der Waals surface area contributed by atoms with E-state index < -0.39 is 5.97 Å². The minimum Gasteiger partial charge on any atom is -0.465 e. The van der Waals surface area contributed by atoms with Gasteiger partial charge in [-0.15, -0.1) is 0 Å². The fourth-order valence-corrected chi connectivity index (χ4v) is 2.96. The number of hydrogen-bond donors (Lipinski definition) is 0. The summed E-state index contributed by atoms with van der Waals surface area (Å²) in [5, 5.41) is 0. The third-order valence-corrected chi connectivity index (χ3v) is 4.09. The molecule has 0 atom stereocenters. The highest BCUT2D eigenvalue weighted by molar-refractivity contribution is 6.11. The summed E-state index contributed by atoms with van der Waals surface area (Å²) in [5.41, 5.74) is 2.90. The van der Waals surface area contributed by atoms with Gasteiger partial charge in [0.1, 0.15) is 11.2 Å². The maximum Gasteiger partial charge on any atom is 0.341 e. The van der Waals surface area contributed by atoms with Crippen LogP contribution in [-0.2, 0) is 4.74 Å². The molecule has 5 heteroatoms. The Kier molecular flexibility index (Phi) is 3.20. The van der Waals surface area contributed by atoms with Crippen molar-refractivity contribution in [1.29, 1.82) is 0 Å². The Hall–Kier alpha value is -3.34. The zero-order valence-electron chi connectivity index (χ0n) is 13.0. The van der Waals surface area contributed by atoms with E-state index in [2.05, 4.69) is 0 Å². The van der Waals surface area contributed by atoms with E-state index in [1.54, 1.807) is 28.8 Å². The molecule has 24 heavy (non-hydrogen) atoms. The molecule has 5 nitrogen and oxygen atoms in total. The number of nitrogens with zero attached hydrogens (tertiary/aromatic N) is 2. The van der Waals surface area contributed by atoms with Crippen molar-refractivity contribution >= 4 is 22.9 Å². The first-order valence-electron chi connectivity index (χ1n) is 7.50. The Morgan fingerprint density at radius 2 is 1.71 bits per heavy atom. The predicted octanol–water partition coefficient (Wildman–Crippen LogP) is 3.21. The molecule has 0 fully saturated rings. The predicted molar refractivity (Wildman–Crippen MR) is 89.6 cm³/mol. The summed E-state index contributed by atoms with van der Waals surface area (Å²) in [4.78, 5) is 25.1. The fraction of sp³-hybridized carbons (Fsp3) is 0.0526. The zero-order chi connectivity index (χ0) is 16.7. The molecule has 0 saturated heterocycles. The van der Waals surface area contributed by atoms with Crippen LogP contribution >= 0.6 is 0 Å². The molecule has 3 heterocycles. The van der Waals surface area contributed by atoms with E-state index in [1.165, 1.54) is 7.11 Å². The quantitative estimate of drug-likeness (QED) is 0.430. The van der Waals surface area contributed by atoms with Crippen LogP contribution in [0.5, 0.6) is 0 Å². The van der Waals surface area contributed by atoms with E-state index in [4.69, 9.17) is 4.74 Å². The Balaban J connectivity index is 2.03. The molecule has 0 aliphatic heterocycles. The molecule has 1 aromatic carbocycles. The van der Waals surface area contributed by atoms with Gasteiger partial charge in [-0.25, -0.2) is 4.79 Å². The molecule has 118 valence electrons. The van der Waals surface area contributed by atoms with Crippen LogP contribution in [0.4, 0.5) is 0 Å². The molecule has 0 spiro atoms. The molecule has 0 saturated carbocycles. The number of hydrogen-bond acceptors (Lipinski definition) is 3. The maximum absolute atomic E-state index is 12.9. The molecule has 4 rings (SSSR count). The summed E-state index contributed by atoms with van der Waals surface area (Å²) >= 11 is 0. The highest BCUT2D eigenvalue weighted by Crippen LogP contribution is 2.22. The number of rotatable bonds is 3. The number of ether oxygens (including phenoxy) is 1. The van der Waals surface area contributed by atoms with Gasteiger partial charge in [0.2, 0.25) is 5.78 Å². The molecule has 4 aromatic rings. The highest BCUT2D eigenvalue weighted by atomic mass is 16.5. The number of esters is 1. The third-order valence-electron chi connectivity index (χ3n) is 4.09. The van der Waals surface area contributed by atoms with Crippen LogP contribution in [0.1, 0.15) is 26.4 Å². The number of carbonyl (C=O) groups is 2. The van der Waals surface area contributed by atoms with Gasteiger partial charge in [0.05, 0.1) is 12.8 Å². The minimum absolute atomic E-state index is 0.146. The fourth-order valence-electron chi connectivity index (χ4n) is 2.96. The second kappa shape index (κ2) is 5.38. The molecule has 0 N–H and O–H groups in total. The number of fused-ring (bicyclic) bond motifs is 3. The molecule has 0 aliphatic carbocycles. The first-order chi connectivity index (χ1) is 11.7. The Morgan fingerprint density at radius 3 is 2.46 bits per heavy atom. The van der Waals surface area contributed by atoms with Crippen molar-refractivity contribution in [3.63, 3.8) is 0 Å². The summed E-state index contributed by atoms with van der Waals surface area (Å²) in [6.45, 7) is 0. The first-order valence-corrected chi connectivity index (χ1v) is 7.50. The summed E-state index contributed by atoms with van der Waals surface area (Å²) in [6, 6.07) is 16.3. The smallest absolute Gasteiger partial charge is 0.341 e. The van der Waals surface area contributed by atoms with Crippen LogP contribution in [0.25, 0.3) is 11.2 Å². The van der Waals surface area contributed by atoms with Crippen molar-refractivity contribution in [1.82, 2.24) is 8.80 Å². The number of ketones is 1. The van der Waals surface area contributed by atoms with Crippen LogP contribution in [0, 0.1) is 0 Å². The third kappa shape index (κ3) is 2.02. The van der Waals surface area contributed by atoms with Gasteiger partial charge in [0, 0.05) is 23.5 Å². The summed E-state index contributed by atoms with van der Waals surface area (Å²) in [7, 11) is 1.33. The minimum atomic E-state index is -0.471. The average molecular weight is 318 g/mol. The molecular weight excluding hydrogens is 304 g/mol. The number of aromatic nitrogens is 2. The SMILES string of the molecule is COC(=O)c1cc(C(=O)c2ccccc2)n2ccc3cccn3c12. The highest BCUT2D eigenvalue weighted by Gasteiger charge is 2.22. The van der Waals surface area contributed by atoms with Crippen molar-refractivity contribution in [3.05, 3.63) is 83.8 Å². The topological polar surface area (TPSA) is 52.2 Å². The van der Waals surface area contributed by atoms with Gasteiger partial charge in [-0.1, -0.05) is 30.3 Å². The standard InChI is InChI=1S/C19H14N2O3/c1-24-19(23)15-12-16(17(22)13-6-3-2-4-7-13)21-11-9-14-8-5-10-20(14)18(15)21/h2-12H,1H3. The van der Waals surface area contributed by atoms with Crippen molar-refractivity contribution < 1.29 is 14.3 Å². The van der Waals surface area contributed by atoms with Crippen molar-refractivity contribution in [2.24, 2.45) is 0 Å². The summed E-state index contributed by atoms with van der Waals surface area (Å²) in [5.74, 6) is -0.618. The van der Waals surface area contributed by atoms with Gasteiger partial charge in [-0.2, -0.15) is 0 Å². The van der Waals surface area contributed by atoms with E-state index in [0.29, 0.717) is 22.5 Å². The summed E-state index contributed by atoms with van der Waals surface area (Å²) < 4.78 is 8.49. The Morgan fingerprint density at radius 1 is 0.917 bits per heavy atom. The second-order valence-electron chi connectivity index (χ2n) is 5.44. The lowest BCUT2D eigenvalue weighted by Crippen LogP contribution is -2.06. The van der Waals surface area contributed by atoms with Gasteiger partial charge in [0.15, 0.2) is 0 Å².